The molecule has 0 amide bonds. The monoisotopic (exact) mass is 428 g/mol. The fraction of sp³-hybridized carbons (Fsp3) is 0.679. The third kappa shape index (κ3) is 7.87. The predicted molar refractivity (Wildman–Crippen MR) is 137 cm³/mol. The standard InChI is InChI=1S/C28H48OSi/c1-12-25(23(3)19-21-29-30(10,11)27(5,6)7)17-15-22(2)16-18-26-24(4)14-13-20-28(26,8)9/h15-16,19H,12-14,18,20-21H2,1-11H3/b22-16+,23-19+. The second-order valence-electron chi connectivity index (χ2n) is 11.2. The summed E-state index contributed by atoms with van der Waals surface area (Å²) in [4.78, 5) is 0. The van der Waals surface area contributed by atoms with Gasteiger partial charge in [0.25, 0.3) is 0 Å². The summed E-state index contributed by atoms with van der Waals surface area (Å²) in [5, 5.41) is 0.251. The molecular formula is C28H48OSi. The molecule has 0 N–H and O–H groups in total. The third-order valence-electron chi connectivity index (χ3n) is 7.26. The van der Waals surface area contributed by atoms with Crippen molar-refractivity contribution < 1.29 is 4.43 Å². The lowest BCUT2D eigenvalue weighted by Crippen LogP contribution is -2.40. The Bertz CT molecular complexity index is 744. The highest BCUT2D eigenvalue weighted by Crippen LogP contribution is 2.42. The summed E-state index contributed by atoms with van der Waals surface area (Å²) in [5.41, 5.74) is 11.0. The van der Waals surface area contributed by atoms with Crippen LogP contribution in [0.2, 0.25) is 18.1 Å². The summed E-state index contributed by atoms with van der Waals surface area (Å²) in [7, 11) is -1.69. The molecule has 0 aromatic rings. The Morgan fingerprint density at radius 3 is 2.33 bits per heavy atom. The van der Waals surface area contributed by atoms with Crippen molar-refractivity contribution in [1.82, 2.24) is 0 Å². The lowest BCUT2D eigenvalue weighted by atomic mass is 9.71. The first-order valence-electron chi connectivity index (χ1n) is 11.8. The van der Waals surface area contributed by atoms with E-state index in [-0.39, 0.29) is 5.04 Å². The first kappa shape index (κ1) is 27.0. The van der Waals surface area contributed by atoms with Crippen LogP contribution in [0.3, 0.4) is 0 Å². The van der Waals surface area contributed by atoms with E-state index in [1.165, 1.54) is 36.0 Å². The van der Waals surface area contributed by atoms with Crippen LogP contribution in [0.15, 0.2) is 51.8 Å². The Morgan fingerprint density at radius 1 is 1.17 bits per heavy atom. The van der Waals surface area contributed by atoms with Gasteiger partial charge in [0.1, 0.15) is 0 Å². The minimum Gasteiger partial charge on any atom is -0.413 e. The van der Waals surface area contributed by atoms with Crippen LogP contribution in [0.4, 0.5) is 0 Å². The van der Waals surface area contributed by atoms with Crippen LogP contribution in [0, 0.1) is 5.41 Å². The molecule has 0 aliphatic heterocycles. The number of allylic oxidation sites excluding steroid dienone is 6. The molecule has 0 atom stereocenters. The second kappa shape index (κ2) is 11.0. The Balaban J connectivity index is 2.88. The molecule has 0 fully saturated rings. The van der Waals surface area contributed by atoms with Gasteiger partial charge in [-0.3, -0.25) is 0 Å². The van der Waals surface area contributed by atoms with Crippen LogP contribution in [0.25, 0.3) is 0 Å². The molecule has 30 heavy (non-hydrogen) atoms. The zero-order valence-electron chi connectivity index (χ0n) is 21.9. The van der Waals surface area contributed by atoms with Gasteiger partial charge >= 0.3 is 0 Å². The van der Waals surface area contributed by atoms with Crippen LogP contribution in [-0.2, 0) is 4.43 Å². The molecule has 1 nitrogen and oxygen atoms in total. The Kier molecular flexibility index (Phi) is 9.87. The minimum atomic E-state index is -1.69. The molecule has 0 heterocycles. The van der Waals surface area contributed by atoms with Gasteiger partial charge < -0.3 is 4.43 Å². The van der Waals surface area contributed by atoms with E-state index in [1.807, 2.05) is 0 Å². The van der Waals surface area contributed by atoms with Crippen molar-refractivity contribution in [3.05, 3.63) is 51.8 Å². The maximum atomic E-state index is 6.31. The van der Waals surface area contributed by atoms with E-state index in [4.69, 9.17) is 4.43 Å². The minimum absolute atomic E-state index is 0.251. The van der Waals surface area contributed by atoms with Crippen LogP contribution >= 0.6 is 0 Å². The van der Waals surface area contributed by atoms with Crippen molar-refractivity contribution in [2.45, 2.75) is 113 Å². The molecule has 1 aliphatic rings. The van der Waals surface area contributed by atoms with Crippen molar-refractivity contribution in [3.63, 3.8) is 0 Å². The Morgan fingerprint density at radius 2 is 1.80 bits per heavy atom. The molecule has 0 bridgehead atoms. The van der Waals surface area contributed by atoms with Crippen LogP contribution in [0.5, 0.6) is 0 Å². The van der Waals surface area contributed by atoms with E-state index in [2.05, 4.69) is 99.4 Å². The van der Waals surface area contributed by atoms with Crippen LogP contribution < -0.4 is 0 Å². The van der Waals surface area contributed by atoms with Crippen molar-refractivity contribution >= 4 is 8.32 Å². The molecule has 1 rings (SSSR count). The molecule has 0 saturated heterocycles. The van der Waals surface area contributed by atoms with Gasteiger partial charge in [-0.25, -0.2) is 0 Å². The summed E-state index contributed by atoms with van der Waals surface area (Å²) >= 11 is 0. The summed E-state index contributed by atoms with van der Waals surface area (Å²) in [6, 6.07) is 0. The topological polar surface area (TPSA) is 9.23 Å². The maximum absolute atomic E-state index is 6.31. The Hall–Kier alpha value is -1.08. The molecule has 170 valence electrons. The van der Waals surface area contributed by atoms with Gasteiger partial charge in [0.05, 0.1) is 6.61 Å². The number of hydrogen-bond donors (Lipinski definition) is 0. The molecule has 1 aliphatic carbocycles. The van der Waals surface area contributed by atoms with Crippen molar-refractivity contribution in [1.29, 1.82) is 0 Å². The lowest BCUT2D eigenvalue weighted by molar-refractivity contribution is 0.327. The van der Waals surface area contributed by atoms with E-state index < -0.39 is 8.32 Å². The molecule has 0 unspecified atom stereocenters. The fourth-order valence-electron chi connectivity index (χ4n) is 3.86. The van der Waals surface area contributed by atoms with E-state index in [0.29, 0.717) is 12.0 Å². The Labute approximate surface area is 189 Å². The maximum Gasteiger partial charge on any atom is 0.192 e. The highest BCUT2D eigenvalue weighted by molar-refractivity contribution is 6.74. The van der Waals surface area contributed by atoms with Gasteiger partial charge in [-0.1, -0.05) is 64.8 Å². The van der Waals surface area contributed by atoms with Gasteiger partial charge in [0.2, 0.25) is 0 Å². The van der Waals surface area contributed by atoms with Gasteiger partial charge in [-0.15, -0.1) is 5.73 Å². The SMILES string of the molecule is CCC(=C=C/C(C)=C/CC1=C(C)CCCC1(C)C)/C(C)=C/CO[Si](C)(C)C(C)(C)C. The smallest absolute Gasteiger partial charge is 0.192 e. The molecule has 0 radical (unpaired) electrons. The average molecular weight is 429 g/mol. The van der Waals surface area contributed by atoms with Gasteiger partial charge in [-0.05, 0) is 99.2 Å². The molecule has 0 spiro atoms. The first-order chi connectivity index (χ1) is 13.7. The van der Waals surface area contributed by atoms with Crippen molar-refractivity contribution in [3.8, 4) is 0 Å². The zero-order chi connectivity index (χ0) is 23.2. The fourth-order valence-corrected chi connectivity index (χ4v) is 4.79. The van der Waals surface area contributed by atoms with Gasteiger partial charge in [-0.2, -0.15) is 0 Å². The van der Waals surface area contributed by atoms with Crippen molar-refractivity contribution in [2.24, 2.45) is 5.41 Å². The molecule has 0 aromatic carbocycles. The summed E-state index contributed by atoms with van der Waals surface area (Å²) < 4.78 is 6.31. The first-order valence-corrected chi connectivity index (χ1v) is 14.7. The van der Waals surface area contributed by atoms with Crippen LogP contribution in [-0.4, -0.2) is 14.9 Å². The second-order valence-corrected chi connectivity index (χ2v) is 16.0. The number of rotatable bonds is 8. The summed E-state index contributed by atoms with van der Waals surface area (Å²) in [5.74, 6) is 0. The van der Waals surface area contributed by atoms with Gasteiger partial charge in [0, 0.05) is 0 Å². The quantitative estimate of drug-likeness (QED) is 0.162. The molecule has 2 heteroatoms. The van der Waals surface area contributed by atoms with Crippen molar-refractivity contribution in [2.75, 3.05) is 6.61 Å². The van der Waals surface area contributed by atoms with Crippen LogP contribution in [0.1, 0.15) is 94.4 Å². The molecular weight excluding hydrogens is 380 g/mol. The number of hydrogen-bond acceptors (Lipinski definition) is 1. The highest BCUT2D eigenvalue weighted by atomic mass is 28.4. The molecule has 0 aromatic heterocycles. The zero-order valence-corrected chi connectivity index (χ0v) is 22.9. The largest absolute Gasteiger partial charge is 0.413 e. The molecule has 0 saturated carbocycles. The van der Waals surface area contributed by atoms with E-state index >= 15 is 0 Å². The lowest BCUT2D eigenvalue weighted by Gasteiger charge is -2.35. The summed E-state index contributed by atoms with van der Waals surface area (Å²) in [6.07, 6.45) is 12.7. The van der Waals surface area contributed by atoms with E-state index in [0.717, 1.165) is 12.8 Å². The highest BCUT2D eigenvalue weighted by Gasteiger charge is 2.36. The summed E-state index contributed by atoms with van der Waals surface area (Å²) in [6.45, 7) is 25.9. The predicted octanol–water partition coefficient (Wildman–Crippen LogP) is 9.31. The average Bonchev–Trinajstić information content (AvgIpc) is 2.60. The van der Waals surface area contributed by atoms with E-state index in [9.17, 15) is 0 Å². The van der Waals surface area contributed by atoms with E-state index in [1.54, 1.807) is 11.1 Å². The normalized spacial score (nSPS) is 18.4. The van der Waals surface area contributed by atoms with Gasteiger partial charge in [0.15, 0.2) is 8.32 Å². The third-order valence-corrected chi connectivity index (χ3v) is 11.8.